The van der Waals surface area contributed by atoms with Crippen LogP contribution >= 0.6 is 23.2 Å². The van der Waals surface area contributed by atoms with Crippen LogP contribution in [0.1, 0.15) is 19.4 Å². The zero-order valence-electron chi connectivity index (χ0n) is 16.5. The van der Waals surface area contributed by atoms with Gasteiger partial charge in [0.15, 0.2) is 6.61 Å². The Labute approximate surface area is 187 Å². The molecule has 0 heterocycles. The fourth-order valence-electron chi connectivity index (χ4n) is 2.67. The summed E-state index contributed by atoms with van der Waals surface area (Å²) >= 11 is 11.5. The number of ether oxygens (including phenoxy) is 1. The Morgan fingerprint density at radius 2 is 1.74 bits per heavy atom. The second-order valence-electron chi connectivity index (χ2n) is 6.21. The van der Waals surface area contributed by atoms with Gasteiger partial charge in [-0.1, -0.05) is 37.0 Å². The lowest BCUT2D eigenvalue weighted by atomic mass is 10.2. The third-order valence-corrected chi connectivity index (χ3v) is 6.78. The molecule has 31 heavy (non-hydrogen) atoms. The van der Waals surface area contributed by atoms with E-state index in [1.54, 1.807) is 13.8 Å². The van der Waals surface area contributed by atoms with Crippen LogP contribution in [0.2, 0.25) is 10.0 Å². The minimum Gasteiger partial charge on any atom is -0.482 e. The minimum atomic E-state index is -4.69. The molecule has 1 N–H and O–H groups in total. The van der Waals surface area contributed by atoms with Crippen molar-refractivity contribution >= 4 is 44.8 Å². The van der Waals surface area contributed by atoms with Crippen LogP contribution in [0.5, 0.6) is 5.75 Å². The molecule has 0 aliphatic heterocycles. The molecule has 6 nitrogen and oxygen atoms in total. The lowest BCUT2D eigenvalue weighted by molar-refractivity contribution is -0.137. The number of anilines is 1. The van der Waals surface area contributed by atoms with E-state index < -0.39 is 39.3 Å². The van der Waals surface area contributed by atoms with E-state index in [1.807, 2.05) is 0 Å². The number of halogens is 5. The monoisotopic (exact) mass is 498 g/mol. The zero-order chi connectivity index (χ0) is 23.4. The van der Waals surface area contributed by atoms with Gasteiger partial charge >= 0.3 is 6.18 Å². The Morgan fingerprint density at radius 1 is 1.10 bits per heavy atom. The molecule has 12 heteroatoms. The third-order valence-electron chi connectivity index (χ3n) is 4.14. The Morgan fingerprint density at radius 3 is 2.32 bits per heavy atom. The van der Waals surface area contributed by atoms with Crippen molar-refractivity contribution in [3.63, 3.8) is 0 Å². The van der Waals surface area contributed by atoms with Crippen LogP contribution in [0, 0.1) is 0 Å². The second-order valence-corrected chi connectivity index (χ2v) is 8.96. The first-order valence-corrected chi connectivity index (χ1v) is 11.2. The summed E-state index contributed by atoms with van der Waals surface area (Å²) < 4.78 is 71.1. The largest absolute Gasteiger partial charge is 0.482 e. The predicted molar refractivity (Wildman–Crippen MR) is 112 cm³/mol. The highest BCUT2D eigenvalue weighted by atomic mass is 35.5. The van der Waals surface area contributed by atoms with Gasteiger partial charge in [0.25, 0.3) is 5.91 Å². The van der Waals surface area contributed by atoms with E-state index >= 15 is 0 Å². The number of rotatable bonds is 8. The summed E-state index contributed by atoms with van der Waals surface area (Å²) in [5, 5.41) is 1.91. The molecule has 0 aliphatic carbocycles. The first-order valence-electron chi connectivity index (χ1n) is 8.99. The molecule has 0 bridgehead atoms. The smallest absolute Gasteiger partial charge is 0.417 e. The summed E-state index contributed by atoms with van der Waals surface area (Å²) in [4.78, 5) is 11.9. The molecule has 0 saturated carbocycles. The summed E-state index contributed by atoms with van der Waals surface area (Å²) in [7, 11) is -3.94. The highest BCUT2D eigenvalue weighted by molar-refractivity contribution is 7.89. The van der Waals surface area contributed by atoms with Gasteiger partial charge in [0, 0.05) is 23.8 Å². The molecular weight excluding hydrogens is 480 g/mol. The van der Waals surface area contributed by atoms with Gasteiger partial charge in [-0.3, -0.25) is 4.79 Å². The lowest BCUT2D eigenvalue weighted by Gasteiger charge is -2.20. The van der Waals surface area contributed by atoms with Crippen molar-refractivity contribution in [3.05, 3.63) is 52.0 Å². The summed E-state index contributed by atoms with van der Waals surface area (Å²) in [5.74, 6) is -0.907. The molecule has 2 aromatic carbocycles. The van der Waals surface area contributed by atoms with Crippen LogP contribution in [0.25, 0.3) is 0 Å². The van der Waals surface area contributed by atoms with E-state index in [0.29, 0.717) is 6.07 Å². The maximum Gasteiger partial charge on any atom is 0.417 e. The normalized spacial score (nSPS) is 12.1. The maximum atomic E-state index is 13.0. The number of alkyl halides is 3. The molecule has 2 aromatic rings. The number of benzene rings is 2. The third kappa shape index (κ3) is 6.25. The summed E-state index contributed by atoms with van der Waals surface area (Å²) in [6.45, 7) is 3.11. The molecule has 0 aromatic heterocycles. The Balaban J connectivity index is 2.20. The van der Waals surface area contributed by atoms with Crippen molar-refractivity contribution in [1.82, 2.24) is 4.31 Å². The van der Waals surface area contributed by atoms with Crippen LogP contribution in [0.3, 0.4) is 0 Å². The average Bonchev–Trinajstić information content (AvgIpc) is 2.68. The molecule has 170 valence electrons. The maximum absolute atomic E-state index is 13.0. The number of hydrogen-bond donors (Lipinski definition) is 1. The van der Waals surface area contributed by atoms with E-state index in [9.17, 15) is 26.4 Å². The number of amides is 1. The molecule has 0 unspecified atom stereocenters. The molecule has 0 fully saturated rings. The molecule has 0 spiro atoms. The van der Waals surface area contributed by atoms with E-state index in [-0.39, 0.29) is 34.4 Å². The number of hydrogen-bond acceptors (Lipinski definition) is 4. The van der Waals surface area contributed by atoms with E-state index in [4.69, 9.17) is 27.9 Å². The number of sulfonamides is 1. The molecule has 0 atom stereocenters. The summed E-state index contributed by atoms with van der Waals surface area (Å²) in [5.41, 5.74) is -1.24. The topological polar surface area (TPSA) is 75.7 Å². The molecule has 0 aliphatic rings. The van der Waals surface area contributed by atoms with E-state index in [1.165, 1.54) is 28.6 Å². The molecule has 0 radical (unpaired) electrons. The Kier molecular flexibility index (Phi) is 8.21. The van der Waals surface area contributed by atoms with Gasteiger partial charge in [0.2, 0.25) is 10.0 Å². The standard InChI is InChI=1S/C19H19Cl2F3N2O4S/c1-3-26(4-2)31(28,29)17-9-12(20)5-8-16(17)30-11-18(27)25-13-6-7-15(21)14(10-13)19(22,23)24/h5-10H,3-4,11H2,1-2H3,(H,25,27). The molecule has 2 rings (SSSR count). The average molecular weight is 499 g/mol. The van der Waals surface area contributed by atoms with Crippen LogP contribution in [0.15, 0.2) is 41.3 Å². The van der Waals surface area contributed by atoms with Gasteiger partial charge in [-0.05, 0) is 36.4 Å². The van der Waals surface area contributed by atoms with Crippen molar-refractivity contribution in [2.75, 3.05) is 25.0 Å². The quantitative estimate of drug-likeness (QED) is 0.551. The van der Waals surface area contributed by atoms with Crippen LogP contribution in [0.4, 0.5) is 18.9 Å². The lowest BCUT2D eigenvalue weighted by Crippen LogP contribution is -2.31. The first-order chi connectivity index (χ1) is 14.4. The fraction of sp³-hybridized carbons (Fsp3) is 0.316. The van der Waals surface area contributed by atoms with Crippen LogP contribution in [-0.2, 0) is 21.0 Å². The highest BCUT2D eigenvalue weighted by Gasteiger charge is 2.33. The van der Waals surface area contributed by atoms with E-state index in [0.717, 1.165) is 6.07 Å². The van der Waals surface area contributed by atoms with Gasteiger partial charge in [-0.15, -0.1) is 0 Å². The van der Waals surface area contributed by atoms with Crippen molar-refractivity contribution in [1.29, 1.82) is 0 Å². The predicted octanol–water partition coefficient (Wildman–Crippen LogP) is 5.06. The zero-order valence-corrected chi connectivity index (χ0v) is 18.8. The van der Waals surface area contributed by atoms with Crippen LogP contribution in [-0.4, -0.2) is 38.3 Å². The first kappa shape index (κ1) is 25.3. The van der Waals surface area contributed by atoms with Crippen molar-refractivity contribution in [2.24, 2.45) is 0 Å². The van der Waals surface area contributed by atoms with Gasteiger partial charge in [-0.25, -0.2) is 8.42 Å². The van der Waals surface area contributed by atoms with Crippen molar-refractivity contribution in [3.8, 4) is 5.75 Å². The van der Waals surface area contributed by atoms with E-state index in [2.05, 4.69) is 5.32 Å². The molecule has 0 saturated heterocycles. The number of nitrogens with one attached hydrogen (secondary N) is 1. The fourth-order valence-corrected chi connectivity index (χ4v) is 4.74. The van der Waals surface area contributed by atoms with Crippen molar-refractivity contribution < 1.29 is 31.1 Å². The highest BCUT2D eigenvalue weighted by Crippen LogP contribution is 2.36. The Hall–Kier alpha value is -2.01. The van der Waals surface area contributed by atoms with Gasteiger partial charge < -0.3 is 10.1 Å². The number of nitrogens with zero attached hydrogens (tertiary/aromatic N) is 1. The van der Waals surface area contributed by atoms with Gasteiger partial charge in [0.05, 0.1) is 10.6 Å². The SMILES string of the molecule is CCN(CC)S(=O)(=O)c1cc(Cl)ccc1OCC(=O)Nc1ccc(Cl)c(C(F)(F)F)c1. The Bertz CT molecular complexity index is 1060. The molecular formula is C19H19Cl2F3N2O4S. The van der Waals surface area contributed by atoms with Gasteiger partial charge in [0.1, 0.15) is 10.6 Å². The van der Waals surface area contributed by atoms with Crippen molar-refractivity contribution in [2.45, 2.75) is 24.9 Å². The second kappa shape index (κ2) is 10.1. The molecule has 1 amide bonds. The summed E-state index contributed by atoms with van der Waals surface area (Å²) in [6.07, 6.45) is -4.69. The van der Waals surface area contributed by atoms with Crippen LogP contribution < -0.4 is 10.1 Å². The minimum absolute atomic E-state index is 0.112. The summed E-state index contributed by atoms with van der Waals surface area (Å²) in [6, 6.07) is 6.81. The number of carbonyl (C=O) groups excluding carboxylic acids is 1. The van der Waals surface area contributed by atoms with Gasteiger partial charge in [-0.2, -0.15) is 17.5 Å². The number of carbonyl (C=O) groups is 1.